The molecule has 0 unspecified atom stereocenters. The van der Waals surface area contributed by atoms with Gasteiger partial charge in [0.1, 0.15) is 11.8 Å². The smallest absolute Gasteiger partial charge is 0.326 e. The molecule has 8 N–H and O–H groups in total. The van der Waals surface area contributed by atoms with E-state index in [-0.39, 0.29) is 54.3 Å². The minimum Gasteiger partial charge on any atom is -0.480 e. The van der Waals surface area contributed by atoms with Crippen molar-refractivity contribution in [2.24, 2.45) is 5.73 Å². The minimum atomic E-state index is -1.22. The Kier molecular flexibility index (Phi) is 12.1. The van der Waals surface area contributed by atoms with E-state index in [4.69, 9.17) is 20.9 Å². The lowest BCUT2D eigenvalue weighted by Crippen LogP contribution is -2.41. The number of ketones is 1. The highest BCUT2D eigenvalue weighted by atomic mass is 16.5. The lowest BCUT2D eigenvalue weighted by molar-refractivity contribution is -0.139. The molecule has 0 saturated carbocycles. The number of aromatic amines is 1. The second-order valence-electron chi connectivity index (χ2n) is 8.97. The first-order valence-electron chi connectivity index (χ1n) is 13.0. The van der Waals surface area contributed by atoms with Crippen molar-refractivity contribution in [2.75, 3.05) is 44.0 Å². The molecule has 0 saturated heterocycles. The third kappa shape index (κ3) is 10.2. The van der Waals surface area contributed by atoms with Gasteiger partial charge in [-0.05, 0) is 37.1 Å². The SMILES string of the molecule is NCCOCCOCCCC(=O)CC[C@H](NC(=O)c1ccc(NCc2cnc3nc(N)[nH]c(=O)c3n2)cc1)C(=O)O. The van der Waals surface area contributed by atoms with Gasteiger partial charge in [-0.1, -0.05) is 0 Å². The number of H-pyrrole nitrogens is 1. The number of ether oxygens (including phenoxy) is 2. The van der Waals surface area contributed by atoms with Crippen LogP contribution in [0.5, 0.6) is 0 Å². The summed E-state index contributed by atoms with van der Waals surface area (Å²) in [5.41, 5.74) is 11.9. The fourth-order valence-electron chi connectivity index (χ4n) is 3.69. The zero-order valence-electron chi connectivity index (χ0n) is 22.4. The molecule has 0 aliphatic carbocycles. The molecule has 2 heterocycles. The fraction of sp³-hybridized carbons (Fsp3) is 0.423. The van der Waals surface area contributed by atoms with Crippen LogP contribution in [0.4, 0.5) is 11.6 Å². The maximum Gasteiger partial charge on any atom is 0.326 e. The van der Waals surface area contributed by atoms with Gasteiger partial charge in [0.2, 0.25) is 5.95 Å². The second kappa shape index (κ2) is 16.0. The van der Waals surface area contributed by atoms with Crippen LogP contribution in [0.3, 0.4) is 0 Å². The van der Waals surface area contributed by atoms with Crippen LogP contribution in [0.25, 0.3) is 11.2 Å². The van der Waals surface area contributed by atoms with Gasteiger partial charge >= 0.3 is 5.97 Å². The lowest BCUT2D eigenvalue weighted by Gasteiger charge is -2.14. The van der Waals surface area contributed by atoms with Gasteiger partial charge in [0.05, 0.1) is 38.3 Å². The van der Waals surface area contributed by atoms with Crippen molar-refractivity contribution in [2.45, 2.75) is 38.3 Å². The summed E-state index contributed by atoms with van der Waals surface area (Å²) in [5, 5.41) is 15.1. The van der Waals surface area contributed by atoms with E-state index in [1.165, 1.54) is 18.3 Å². The average Bonchev–Trinajstić information content (AvgIpc) is 2.95. The molecule has 1 amide bonds. The van der Waals surface area contributed by atoms with E-state index in [1.54, 1.807) is 12.1 Å². The maximum absolute atomic E-state index is 12.6. The molecule has 15 nitrogen and oxygen atoms in total. The number of Topliss-reactive ketones (excluding diaryl/α,β-unsaturated/α-hetero) is 1. The van der Waals surface area contributed by atoms with Crippen LogP contribution < -0.4 is 27.7 Å². The van der Waals surface area contributed by atoms with E-state index in [0.717, 1.165) is 0 Å². The van der Waals surface area contributed by atoms with Crippen LogP contribution in [-0.4, -0.2) is 81.7 Å². The van der Waals surface area contributed by atoms with E-state index < -0.39 is 23.5 Å². The summed E-state index contributed by atoms with van der Waals surface area (Å²) in [6, 6.07) is 5.15. The molecule has 0 spiro atoms. The van der Waals surface area contributed by atoms with Crippen molar-refractivity contribution in [3.8, 4) is 0 Å². The molecule has 15 heteroatoms. The number of anilines is 2. The number of nitrogens with zero attached hydrogens (tertiary/aromatic N) is 3. The summed E-state index contributed by atoms with van der Waals surface area (Å²) in [5.74, 6) is -1.95. The Morgan fingerprint density at radius 1 is 1.02 bits per heavy atom. The summed E-state index contributed by atoms with van der Waals surface area (Å²) in [6.45, 7) is 2.39. The molecule has 0 radical (unpaired) electrons. The van der Waals surface area contributed by atoms with E-state index in [2.05, 4.69) is 30.6 Å². The van der Waals surface area contributed by atoms with Gasteiger partial charge in [-0.15, -0.1) is 0 Å². The largest absolute Gasteiger partial charge is 0.480 e. The Hall–Kier alpha value is -4.47. The highest BCUT2D eigenvalue weighted by Crippen LogP contribution is 2.12. The number of benzene rings is 1. The van der Waals surface area contributed by atoms with E-state index in [0.29, 0.717) is 50.8 Å². The van der Waals surface area contributed by atoms with Crippen molar-refractivity contribution in [1.82, 2.24) is 25.3 Å². The number of carboxylic acid groups (broad SMARTS) is 1. The highest BCUT2D eigenvalue weighted by molar-refractivity contribution is 5.97. The Morgan fingerprint density at radius 3 is 2.46 bits per heavy atom. The zero-order valence-corrected chi connectivity index (χ0v) is 22.4. The minimum absolute atomic E-state index is 0.0205. The molecule has 0 bridgehead atoms. The predicted molar refractivity (Wildman–Crippen MR) is 149 cm³/mol. The van der Waals surface area contributed by atoms with Gasteiger partial charge < -0.3 is 36.7 Å². The highest BCUT2D eigenvalue weighted by Gasteiger charge is 2.21. The van der Waals surface area contributed by atoms with Crippen molar-refractivity contribution < 1.29 is 29.0 Å². The van der Waals surface area contributed by atoms with Crippen molar-refractivity contribution in [3.05, 3.63) is 52.1 Å². The van der Waals surface area contributed by atoms with Crippen LogP contribution in [0.1, 0.15) is 41.7 Å². The standard InChI is InChI=1S/C26H34N8O7/c27-9-11-41-13-12-40-10-1-2-19(35)7-8-20(25(38)39)32-23(36)16-3-5-17(6-4-16)29-14-18-15-30-22-21(31-18)24(37)34-26(28)33-22/h3-6,15,20,29H,1-2,7-14,27H2,(H,32,36)(H,38,39)(H3,28,30,33,34,37)/t20-/m0/s1. The molecular weight excluding hydrogens is 536 g/mol. The third-order valence-corrected chi connectivity index (χ3v) is 5.80. The number of rotatable bonds is 18. The number of nitrogens with one attached hydrogen (secondary N) is 3. The first-order valence-corrected chi connectivity index (χ1v) is 13.0. The number of carbonyl (C=O) groups is 3. The predicted octanol–water partition coefficient (Wildman–Crippen LogP) is 0.212. The van der Waals surface area contributed by atoms with E-state index >= 15 is 0 Å². The quantitative estimate of drug-likeness (QED) is 0.112. The van der Waals surface area contributed by atoms with Crippen molar-refractivity contribution in [3.63, 3.8) is 0 Å². The number of hydrogen-bond donors (Lipinski definition) is 6. The molecule has 3 rings (SSSR count). The van der Waals surface area contributed by atoms with Crippen LogP contribution in [-0.2, 0) is 25.6 Å². The normalized spacial score (nSPS) is 11.7. The molecule has 2 aromatic heterocycles. The Labute approximate surface area is 235 Å². The molecule has 1 atom stereocenters. The Balaban J connectivity index is 1.42. The number of carboxylic acids is 1. The van der Waals surface area contributed by atoms with Gasteiger partial charge in [-0.2, -0.15) is 4.98 Å². The first kappa shape index (κ1) is 31.1. The zero-order chi connectivity index (χ0) is 29.6. The van der Waals surface area contributed by atoms with Crippen LogP contribution in [0.2, 0.25) is 0 Å². The van der Waals surface area contributed by atoms with E-state index in [9.17, 15) is 24.3 Å². The van der Waals surface area contributed by atoms with Crippen LogP contribution >= 0.6 is 0 Å². The Morgan fingerprint density at radius 2 is 1.76 bits per heavy atom. The van der Waals surface area contributed by atoms with Gasteiger partial charge in [0, 0.05) is 37.2 Å². The van der Waals surface area contributed by atoms with E-state index in [1.807, 2.05) is 0 Å². The van der Waals surface area contributed by atoms with Gasteiger partial charge in [-0.25, -0.2) is 14.8 Å². The number of amides is 1. The number of aliphatic carboxylic acids is 1. The maximum atomic E-state index is 12.6. The monoisotopic (exact) mass is 570 g/mol. The fourth-order valence-corrected chi connectivity index (χ4v) is 3.69. The molecule has 41 heavy (non-hydrogen) atoms. The number of nitrogens with two attached hydrogens (primary N) is 2. The summed E-state index contributed by atoms with van der Waals surface area (Å²) in [6.07, 6.45) is 2.23. The van der Waals surface area contributed by atoms with Gasteiger partial charge in [0.15, 0.2) is 11.2 Å². The van der Waals surface area contributed by atoms with Gasteiger partial charge in [0.25, 0.3) is 11.5 Å². The lowest BCUT2D eigenvalue weighted by atomic mass is 10.1. The molecule has 0 aliphatic rings. The molecule has 3 aromatic rings. The molecule has 0 aliphatic heterocycles. The van der Waals surface area contributed by atoms with Crippen LogP contribution in [0.15, 0.2) is 35.3 Å². The second-order valence-corrected chi connectivity index (χ2v) is 8.97. The average molecular weight is 571 g/mol. The molecule has 1 aromatic carbocycles. The summed E-state index contributed by atoms with van der Waals surface area (Å²) in [7, 11) is 0. The summed E-state index contributed by atoms with van der Waals surface area (Å²) >= 11 is 0. The summed E-state index contributed by atoms with van der Waals surface area (Å²) in [4.78, 5) is 63.1. The van der Waals surface area contributed by atoms with Crippen LogP contribution in [0, 0.1) is 0 Å². The number of hydrogen-bond acceptors (Lipinski definition) is 12. The van der Waals surface area contributed by atoms with Crippen molar-refractivity contribution >= 4 is 40.5 Å². The molecular formula is C26H34N8O7. The number of aromatic nitrogens is 4. The first-order chi connectivity index (χ1) is 19.8. The number of nitrogen functional groups attached to an aromatic ring is 1. The third-order valence-electron chi connectivity index (χ3n) is 5.80. The number of carbonyl (C=O) groups excluding carboxylic acids is 2. The van der Waals surface area contributed by atoms with Crippen molar-refractivity contribution in [1.29, 1.82) is 0 Å². The topological polar surface area (TPSA) is 238 Å². The van der Waals surface area contributed by atoms with Gasteiger partial charge in [-0.3, -0.25) is 19.4 Å². The summed E-state index contributed by atoms with van der Waals surface area (Å²) < 4.78 is 10.6. The number of fused-ring (bicyclic) bond motifs is 1. The molecule has 220 valence electrons. The Bertz CT molecular complexity index is 1380. The molecule has 0 fully saturated rings.